The van der Waals surface area contributed by atoms with Crippen molar-refractivity contribution in [3.63, 3.8) is 0 Å². The third kappa shape index (κ3) is 2.58. The number of carbonyl (C=O) groups excluding carboxylic acids is 1. The minimum atomic E-state index is 0.0339. The smallest absolute Gasteiger partial charge is 0.317 e. The molecule has 1 atom stereocenters. The molecular weight excluding hydrogens is 214 g/mol. The van der Waals surface area contributed by atoms with Gasteiger partial charge in [0.15, 0.2) is 0 Å². The van der Waals surface area contributed by atoms with Crippen LogP contribution in [0.1, 0.15) is 30.5 Å². The molecule has 1 aromatic carbocycles. The normalized spacial score (nSPS) is 17.8. The van der Waals surface area contributed by atoms with Gasteiger partial charge in [0.2, 0.25) is 0 Å². The van der Waals surface area contributed by atoms with Gasteiger partial charge >= 0.3 is 6.03 Å². The Labute approximate surface area is 102 Å². The van der Waals surface area contributed by atoms with Crippen LogP contribution in [0.2, 0.25) is 0 Å². The van der Waals surface area contributed by atoms with Crippen LogP contribution in [0.25, 0.3) is 0 Å². The summed E-state index contributed by atoms with van der Waals surface area (Å²) in [6, 6.07) is 8.29. The van der Waals surface area contributed by atoms with Gasteiger partial charge in [-0.15, -0.1) is 0 Å². The molecule has 0 spiro atoms. The van der Waals surface area contributed by atoms with E-state index in [1.54, 1.807) is 0 Å². The number of rotatable bonds is 3. The van der Waals surface area contributed by atoms with Crippen LogP contribution in [0, 0.1) is 0 Å². The van der Waals surface area contributed by atoms with E-state index in [4.69, 9.17) is 5.73 Å². The van der Waals surface area contributed by atoms with Gasteiger partial charge < -0.3 is 16.0 Å². The van der Waals surface area contributed by atoms with Crippen molar-refractivity contribution >= 4 is 6.03 Å². The average Bonchev–Trinajstić information content (AvgIpc) is 2.39. The van der Waals surface area contributed by atoms with Crippen LogP contribution in [-0.4, -0.2) is 24.0 Å². The second-order valence-electron chi connectivity index (χ2n) is 4.40. The Balaban J connectivity index is 2.12. The molecule has 0 aromatic heterocycles. The van der Waals surface area contributed by atoms with Crippen LogP contribution in [0.3, 0.4) is 0 Å². The molecule has 0 radical (unpaired) electrons. The van der Waals surface area contributed by atoms with Crippen molar-refractivity contribution in [3.8, 4) is 0 Å². The topological polar surface area (TPSA) is 58.4 Å². The monoisotopic (exact) mass is 233 g/mol. The van der Waals surface area contributed by atoms with Gasteiger partial charge in [0.1, 0.15) is 0 Å². The summed E-state index contributed by atoms with van der Waals surface area (Å²) in [6.07, 6.45) is 1.01. The quantitative estimate of drug-likeness (QED) is 0.833. The summed E-state index contributed by atoms with van der Waals surface area (Å²) in [5.74, 6) is 0. The number of nitrogens with zero attached hydrogens (tertiary/aromatic N) is 1. The molecule has 0 aliphatic carbocycles. The summed E-state index contributed by atoms with van der Waals surface area (Å²) in [5, 5.41) is 2.87. The summed E-state index contributed by atoms with van der Waals surface area (Å²) in [6.45, 7) is 4.22. The van der Waals surface area contributed by atoms with E-state index in [0.717, 1.165) is 30.6 Å². The third-order valence-corrected chi connectivity index (χ3v) is 3.28. The maximum Gasteiger partial charge on any atom is 0.317 e. The molecular formula is C13H19N3O. The molecule has 1 fully saturated rings. The Hall–Kier alpha value is -1.55. The fourth-order valence-corrected chi connectivity index (χ4v) is 2.13. The SMILES string of the molecule is CC(c1ccc(CN)cc1)N1CCCNC1=O. The third-order valence-electron chi connectivity index (χ3n) is 3.28. The first-order chi connectivity index (χ1) is 8.22. The molecule has 0 saturated carbocycles. The van der Waals surface area contributed by atoms with Gasteiger partial charge in [0, 0.05) is 19.6 Å². The highest BCUT2D eigenvalue weighted by Crippen LogP contribution is 2.22. The van der Waals surface area contributed by atoms with Gasteiger partial charge in [-0.2, -0.15) is 0 Å². The van der Waals surface area contributed by atoms with Crippen LogP contribution >= 0.6 is 0 Å². The van der Waals surface area contributed by atoms with Crippen molar-refractivity contribution in [2.45, 2.75) is 25.9 Å². The van der Waals surface area contributed by atoms with Crippen molar-refractivity contribution in [1.82, 2.24) is 10.2 Å². The Kier molecular flexibility index (Phi) is 3.64. The molecule has 3 N–H and O–H groups in total. The minimum absolute atomic E-state index is 0.0339. The summed E-state index contributed by atoms with van der Waals surface area (Å²) in [5.41, 5.74) is 7.83. The summed E-state index contributed by atoms with van der Waals surface area (Å²) >= 11 is 0. The Morgan fingerprint density at radius 3 is 2.71 bits per heavy atom. The predicted molar refractivity (Wildman–Crippen MR) is 67.5 cm³/mol. The van der Waals surface area contributed by atoms with Crippen molar-refractivity contribution in [3.05, 3.63) is 35.4 Å². The fourth-order valence-electron chi connectivity index (χ4n) is 2.13. The van der Waals surface area contributed by atoms with Crippen LogP contribution in [0.15, 0.2) is 24.3 Å². The first kappa shape index (κ1) is 11.9. The van der Waals surface area contributed by atoms with Crippen LogP contribution in [0.5, 0.6) is 0 Å². The first-order valence-corrected chi connectivity index (χ1v) is 6.05. The molecule has 1 aliphatic rings. The van der Waals surface area contributed by atoms with E-state index in [-0.39, 0.29) is 12.1 Å². The number of nitrogens with two attached hydrogens (primary N) is 1. The number of amides is 2. The molecule has 1 heterocycles. The highest BCUT2D eigenvalue weighted by Gasteiger charge is 2.23. The molecule has 92 valence electrons. The van der Waals surface area contributed by atoms with E-state index in [2.05, 4.69) is 24.4 Å². The molecule has 0 bridgehead atoms. The predicted octanol–water partition coefficient (Wildman–Crippen LogP) is 1.62. The minimum Gasteiger partial charge on any atom is -0.338 e. The lowest BCUT2D eigenvalue weighted by Crippen LogP contribution is -2.47. The van der Waals surface area contributed by atoms with E-state index >= 15 is 0 Å². The lowest BCUT2D eigenvalue weighted by atomic mass is 10.0. The number of benzene rings is 1. The molecule has 17 heavy (non-hydrogen) atoms. The van der Waals surface area contributed by atoms with Crippen molar-refractivity contribution < 1.29 is 4.79 Å². The molecule has 1 aliphatic heterocycles. The van der Waals surface area contributed by atoms with Gasteiger partial charge in [-0.25, -0.2) is 4.79 Å². The molecule has 2 amide bonds. The van der Waals surface area contributed by atoms with Gasteiger partial charge in [0.25, 0.3) is 0 Å². The van der Waals surface area contributed by atoms with E-state index in [9.17, 15) is 4.79 Å². The van der Waals surface area contributed by atoms with Crippen LogP contribution in [0.4, 0.5) is 4.79 Å². The fraction of sp³-hybridized carbons (Fsp3) is 0.462. The molecule has 4 heteroatoms. The van der Waals surface area contributed by atoms with E-state index in [1.807, 2.05) is 17.0 Å². The number of urea groups is 1. The van der Waals surface area contributed by atoms with Crippen molar-refractivity contribution in [2.24, 2.45) is 5.73 Å². The summed E-state index contributed by atoms with van der Waals surface area (Å²) in [4.78, 5) is 13.6. The molecule has 4 nitrogen and oxygen atoms in total. The maximum absolute atomic E-state index is 11.7. The zero-order valence-corrected chi connectivity index (χ0v) is 10.1. The van der Waals surface area contributed by atoms with Crippen LogP contribution < -0.4 is 11.1 Å². The average molecular weight is 233 g/mol. The lowest BCUT2D eigenvalue weighted by Gasteiger charge is -2.33. The Morgan fingerprint density at radius 2 is 2.12 bits per heavy atom. The standard InChI is InChI=1S/C13H19N3O/c1-10(16-8-2-7-15-13(16)17)12-5-3-11(9-14)4-6-12/h3-6,10H,2,7-9,14H2,1H3,(H,15,17). The Morgan fingerprint density at radius 1 is 1.41 bits per heavy atom. The highest BCUT2D eigenvalue weighted by molar-refractivity contribution is 5.75. The number of hydrogen-bond acceptors (Lipinski definition) is 2. The zero-order chi connectivity index (χ0) is 12.3. The largest absolute Gasteiger partial charge is 0.338 e. The van der Waals surface area contributed by atoms with Crippen molar-refractivity contribution in [2.75, 3.05) is 13.1 Å². The first-order valence-electron chi connectivity index (χ1n) is 6.05. The summed E-state index contributed by atoms with van der Waals surface area (Å²) < 4.78 is 0. The summed E-state index contributed by atoms with van der Waals surface area (Å²) in [7, 11) is 0. The maximum atomic E-state index is 11.7. The molecule has 1 saturated heterocycles. The second-order valence-corrected chi connectivity index (χ2v) is 4.40. The van der Waals surface area contributed by atoms with E-state index in [0.29, 0.717) is 6.54 Å². The van der Waals surface area contributed by atoms with E-state index in [1.165, 1.54) is 0 Å². The van der Waals surface area contributed by atoms with Gasteiger partial charge in [-0.05, 0) is 24.5 Å². The zero-order valence-electron chi connectivity index (χ0n) is 10.1. The number of carbonyl (C=O) groups is 1. The molecule has 2 rings (SSSR count). The van der Waals surface area contributed by atoms with Gasteiger partial charge in [0.05, 0.1) is 6.04 Å². The van der Waals surface area contributed by atoms with Crippen molar-refractivity contribution in [1.29, 1.82) is 0 Å². The van der Waals surface area contributed by atoms with E-state index < -0.39 is 0 Å². The number of hydrogen-bond donors (Lipinski definition) is 2. The molecule has 1 aromatic rings. The number of nitrogens with one attached hydrogen (secondary N) is 1. The lowest BCUT2D eigenvalue weighted by molar-refractivity contribution is 0.166. The van der Waals surface area contributed by atoms with Gasteiger partial charge in [-0.1, -0.05) is 24.3 Å². The molecule has 1 unspecified atom stereocenters. The van der Waals surface area contributed by atoms with Crippen LogP contribution in [-0.2, 0) is 6.54 Å². The van der Waals surface area contributed by atoms with Gasteiger partial charge in [-0.3, -0.25) is 0 Å². The second kappa shape index (κ2) is 5.19. The highest BCUT2D eigenvalue weighted by atomic mass is 16.2. The Bertz CT molecular complexity index is 388.